The Morgan fingerprint density at radius 1 is 0.885 bits per heavy atom. The molecule has 4 aromatic rings. The van der Waals surface area contributed by atoms with Crippen molar-refractivity contribution in [2.24, 2.45) is 5.92 Å². The summed E-state index contributed by atoms with van der Waals surface area (Å²) in [6.07, 6.45) is -0.860. The number of carbonyl (C=O) groups is 2. The number of nitrogens with one attached hydrogen (secondary N) is 1. The molecule has 10 nitrogen and oxygen atoms in total. The minimum absolute atomic E-state index is 0.0119. The molecule has 274 valence electrons. The molecule has 0 unspecified atom stereocenters. The van der Waals surface area contributed by atoms with Crippen LogP contribution in [0, 0.1) is 5.92 Å². The molecule has 2 heterocycles. The third kappa shape index (κ3) is 8.65. The fourth-order valence-electron chi connectivity index (χ4n) is 7.01. The summed E-state index contributed by atoms with van der Waals surface area (Å²) in [5.41, 5.74) is 8.27. The molecule has 0 aliphatic carbocycles. The van der Waals surface area contributed by atoms with Crippen molar-refractivity contribution in [1.29, 1.82) is 0 Å². The van der Waals surface area contributed by atoms with E-state index in [-0.39, 0.29) is 30.6 Å². The van der Waals surface area contributed by atoms with Crippen LogP contribution < -0.4 is 14.8 Å². The number of hydrogen-bond acceptors (Lipinski definition) is 9. The SMILES string of the molecule is COc1cc2c(cc1OC)CN(C[C@H]1O[C@@H](c3ccc(-c4cccc(CNC(=O)[C@H](C)OC(C)=O)c4)cc3)O[C@@H](c3ccc(CO)cc3)[C@H]1C)CC2. The summed E-state index contributed by atoms with van der Waals surface area (Å²) in [6.45, 7) is 7.74. The third-order valence-corrected chi connectivity index (χ3v) is 9.98. The summed E-state index contributed by atoms with van der Waals surface area (Å²) in [7, 11) is 3.33. The highest BCUT2D eigenvalue weighted by Gasteiger charge is 2.39. The van der Waals surface area contributed by atoms with Crippen molar-refractivity contribution in [3.63, 3.8) is 0 Å². The summed E-state index contributed by atoms with van der Waals surface area (Å²) in [5, 5.41) is 12.5. The number of aliphatic hydroxyl groups excluding tert-OH is 1. The average molecular weight is 709 g/mol. The summed E-state index contributed by atoms with van der Waals surface area (Å²) < 4.78 is 29.7. The van der Waals surface area contributed by atoms with Gasteiger partial charge in [-0.25, -0.2) is 0 Å². The molecule has 4 aromatic carbocycles. The maximum atomic E-state index is 12.4. The molecule has 2 aliphatic heterocycles. The van der Waals surface area contributed by atoms with E-state index in [1.54, 1.807) is 21.1 Å². The van der Waals surface area contributed by atoms with Crippen LogP contribution in [0.15, 0.2) is 84.9 Å². The molecule has 2 aliphatic rings. The number of ether oxygens (including phenoxy) is 5. The van der Waals surface area contributed by atoms with E-state index in [2.05, 4.69) is 41.4 Å². The molecule has 1 saturated heterocycles. The number of benzene rings is 4. The summed E-state index contributed by atoms with van der Waals surface area (Å²) in [5.74, 6) is 0.703. The second-order valence-corrected chi connectivity index (χ2v) is 13.6. The highest BCUT2D eigenvalue weighted by atomic mass is 16.7. The summed E-state index contributed by atoms with van der Waals surface area (Å²) in [6, 6.07) is 28.3. The number of fused-ring (bicyclic) bond motifs is 1. The van der Waals surface area contributed by atoms with Crippen LogP contribution in [0.3, 0.4) is 0 Å². The van der Waals surface area contributed by atoms with Crippen molar-refractivity contribution in [2.45, 2.75) is 71.5 Å². The van der Waals surface area contributed by atoms with Gasteiger partial charge in [0.25, 0.3) is 5.91 Å². The Labute approximate surface area is 305 Å². The van der Waals surface area contributed by atoms with Gasteiger partial charge in [-0.2, -0.15) is 0 Å². The van der Waals surface area contributed by atoms with Gasteiger partial charge in [0, 0.05) is 44.6 Å². The Balaban J connectivity index is 1.19. The van der Waals surface area contributed by atoms with Crippen molar-refractivity contribution in [2.75, 3.05) is 27.3 Å². The van der Waals surface area contributed by atoms with Crippen molar-refractivity contribution in [1.82, 2.24) is 10.2 Å². The highest BCUT2D eigenvalue weighted by Crippen LogP contribution is 2.43. The van der Waals surface area contributed by atoms with Gasteiger partial charge in [0.2, 0.25) is 0 Å². The van der Waals surface area contributed by atoms with Crippen molar-refractivity contribution < 1.29 is 38.4 Å². The molecule has 0 aromatic heterocycles. The van der Waals surface area contributed by atoms with Gasteiger partial charge in [0.1, 0.15) is 0 Å². The molecule has 0 spiro atoms. The lowest BCUT2D eigenvalue weighted by atomic mass is 9.89. The van der Waals surface area contributed by atoms with E-state index < -0.39 is 18.4 Å². The first-order valence-electron chi connectivity index (χ1n) is 17.8. The largest absolute Gasteiger partial charge is 0.493 e. The monoisotopic (exact) mass is 708 g/mol. The lowest BCUT2D eigenvalue weighted by molar-refractivity contribution is -0.276. The van der Waals surface area contributed by atoms with E-state index in [4.69, 9.17) is 23.7 Å². The van der Waals surface area contributed by atoms with Gasteiger partial charge in [-0.15, -0.1) is 0 Å². The van der Waals surface area contributed by atoms with E-state index in [1.165, 1.54) is 18.1 Å². The highest BCUT2D eigenvalue weighted by molar-refractivity contribution is 5.82. The van der Waals surface area contributed by atoms with E-state index in [9.17, 15) is 14.7 Å². The molecule has 1 fully saturated rings. The molecule has 5 atom stereocenters. The molecule has 2 N–H and O–H groups in total. The first-order chi connectivity index (χ1) is 25.1. The van der Waals surface area contributed by atoms with Gasteiger partial charge in [-0.3, -0.25) is 14.5 Å². The Hall–Kier alpha value is -4.74. The van der Waals surface area contributed by atoms with Crippen LogP contribution in [0.1, 0.15) is 66.5 Å². The number of esters is 1. The van der Waals surface area contributed by atoms with Crippen molar-refractivity contribution >= 4 is 11.9 Å². The van der Waals surface area contributed by atoms with E-state index in [0.717, 1.165) is 70.9 Å². The fraction of sp³-hybridized carbons (Fsp3) is 0.381. The molecule has 0 bridgehead atoms. The van der Waals surface area contributed by atoms with Gasteiger partial charge in [0.05, 0.1) is 33.0 Å². The zero-order valence-electron chi connectivity index (χ0n) is 30.5. The minimum atomic E-state index is -0.857. The smallest absolute Gasteiger partial charge is 0.303 e. The Morgan fingerprint density at radius 3 is 2.25 bits per heavy atom. The lowest BCUT2D eigenvalue weighted by Gasteiger charge is -2.43. The lowest BCUT2D eigenvalue weighted by Crippen LogP contribution is -2.45. The van der Waals surface area contributed by atoms with Gasteiger partial charge < -0.3 is 34.1 Å². The second kappa shape index (κ2) is 16.7. The first kappa shape index (κ1) is 37.0. The molecule has 52 heavy (non-hydrogen) atoms. The van der Waals surface area contributed by atoms with E-state index in [0.29, 0.717) is 6.54 Å². The number of rotatable bonds is 12. The third-order valence-electron chi connectivity index (χ3n) is 9.98. The molecule has 0 radical (unpaired) electrons. The number of amides is 1. The maximum Gasteiger partial charge on any atom is 0.303 e. The van der Waals surface area contributed by atoms with Crippen LogP contribution in [-0.2, 0) is 49.9 Å². The quantitative estimate of drug-likeness (QED) is 0.164. The molecule has 10 heteroatoms. The maximum absolute atomic E-state index is 12.4. The molecular weight excluding hydrogens is 660 g/mol. The second-order valence-electron chi connectivity index (χ2n) is 13.6. The van der Waals surface area contributed by atoms with Crippen LogP contribution in [0.5, 0.6) is 11.5 Å². The number of carbonyl (C=O) groups excluding carboxylic acids is 2. The van der Waals surface area contributed by atoms with Gasteiger partial charge in [0.15, 0.2) is 23.9 Å². The standard InChI is InChI=1S/C42H48N2O8/c1-26-39(24-44-18-17-35-20-37(48-4)38(49-5)21-36(35)23-44)51-42(52-40(26)32-11-9-29(25-45)10-12-32)33-15-13-31(14-16-33)34-8-6-7-30(19-34)22-43-41(47)27(2)50-28(3)46/h6-16,19-21,26-27,39-40,42,45H,17-18,22-25H2,1-5H3,(H,43,47)/t26-,27-,39+,40+,42+/m0/s1. The average Bonchev–Trinajstić information content (AvgIpc) is 3.17. The predicted octanol–water partition coefficient (Wildman–Crippen LogP) is 6.28. The number of methoxy groups -OCH3 is 2. The zero-order chi connectivity index (χ0) is 36.8. The Morgan fingerprint density at radius 2 is 1.58 bits per heavy atom. The Kier molecular flexibility index (Phi) is 11.9. The van der Waals surface area contributed by atoms with Crippen molar-refractivity contribution in [3.05, 3.63) is 118 Å². The zero-order valence-corrected chi connectivity index (χ0v) is 30.5. The van der Waals surface area contributed by atoms with Crippen LogP contribution in [0.25, 0.3) is 11.1 Å². The molecule has 6 rings (SSSR count). The Bertz CT molecular complexity index is 1840. The first-order valence-corrected chi connectivity index (χ1v) is 17.8. The van der Waals surface area contributed by atoms with Crippen LogP contribution in [0.2, 0.25) is 0 Å². The molecule has 1 amide bonds. The fourth-order valence-corrected chi connectivity index (χ4v) is 7.01. The molecule has 0 saturated carbocycles. The topological polar surface area (TPSA) is 116 Å². The van der Waals surface area contributed by atoms with Crippen LogP contribution in [-0.4, -0.2) is 61.4 Å². The number of hydrogen-bond donors (Lipinski definition) is 2. The molecular formula is C42H48N2O8. The van der Waals surface area contributed by atoms with Gasteiger partial charge in [-0.05, 0) is 70.5 Å². The number of aliphatic hydroxyl groups is 1. The predicted molar refractivity (Wildman–Crippen MR) is 196 cm³/mol. The summed E-state index contributed by atoms with van der Waals surface area (Å²) >= 11 is 0. The minimum Gasteiger partial charge on any atom is -0.493 e. The van der Waals surface area contributed by atoms with Crippen LogP contribution >= 0.6 is 0 Å². The summed E-state index contributed by atoms with van der Waals surface area (Å²) in [4.78, 5) is 26.0. The number of nitrogens with zero attached hydrogens (tertiary/aromatic N) is 1. The van der Waals surface area contributed by atoms with E-state index >= 15 is 0 Å². The van der Waals surface area contributed by atoms with Crippen molar-refractivity contribution in [3.8, 4) is 22.6 Å². The van der Waals surface area contributed by atoms with E-state index in [1.807, 2.05) is 60.7 Å². The van der Waals surface area contributed by atoms with Gasteiger partial charge in [-0.1, -0.05) is 73.7 Å². The normalized spacial score (nSPS) is 20.7. The van der Waals surface area contributed by atoms with Gasteiger partial charge >= 0.3 is 5.97 Å². The van der Waals surface area contributed by atoms with Crippen LogP contribution in [0.4, 0.5) is 0 Å².